The van der Waals surface area contributed by atoms with Crippen molar-refractivity contribution in [1.82, 2.24) is 4.90 Å². The zero-order chi connectivity index (χ0) is 27.6. The van der Waals surface area contributed by atoms with E-state index in [4.69, 9.17) is 27.9 Å². The number of halogens is 2. The van der Waals surface area contributed by atoms with Gasteiger partial charge in [0, 0.05) is 29.0 Å². The summed E-state index contributed by atoms with van der Waals surface area (Å²) in [6.07, 6.45) is 0.458. The first kappa shape index (κ1) is 28.0. The zero-order valence-electron chi connectivity index (χ0n) is 21.2. The first-order valence-corrected chi connectivity index (χ1v) is 13.7. The fourth-order valence-corrected chi connectivity index (χ4v) is 5.84. The number of carbonyl (C=O) groups is 3. The summed E-state index contributed by atoms with van der Waals surface area (Å²) in [5.41, 5.74) is 0.743. The third-order valence-electron chi connectivity index (χ3n) is 6.09. The van der Waals surface area contributed by atoms with Gasteiger partial charge in [-0.3, -0.25) is 4.79 Å². The van der Waals surface area contributed by atoms with Crippen molar-refractivity contribution in [2.45, 2.75) is 45.3 Å². The standard InChI is InChI=1S/C28H28Cl2N2O5S/c1-28(2,3)37-27(36)31-13-11-19(12-14-31)32(25(33)20-10-9-18(29)15-21(20)30)22-16-23(38-24(22)26(34)35)17-7-5-4-6-8-17/h4-10,15-16,19H,11-14H2,1-3H3,(H,34,35). The largest absolute Gasteiger partial charge is 0.477 e. The highest BCUT2D eigenvalue weighted by Gasteiger charge is 2.36. The minimum absolute atomic E-state index is 0.0526. The Labute approximate surface area is 235 Å². The molecule has 200 valence electrons. The maximum Gasteiger partial charge on any atom is 0.410 e. The van der Waals surface area contributed by atoms with Gasteiger partial charge in [-0.25, -0.2) is 9.59 Å². The van der Waals surface area contributed by atoms with Crippen molar-refractivity contribution in [3.8, 4) is 10.4 Å². The second-order valence-corrected chi connectivity index (χ2v) is 11.9. The molecule has 0 aliphatic carbocycles. The zero-order valence-corrected chi connectivity index (χ0v) is 23.6. The van der Waals surface area contributed by atoms with Crippen LogP contribution in [0.4, 0.5) is 10.5 Å². The molecule has 2 amide bonds. The summed E-state index contributed by atoms with van der Waals surface area (Å²) in [5, 5.41) is 10.7. The molecule has 1 saturated heterocycles. The van der Waals surface area contributed by atoms with Gasteiger partial charge in [0.1, 0.15) is 10.5 Å². The van der Waals surface area contributed by atoms with Crippen LogP contribution in [0.15, 0.2) is 54.6 Å². The Hall–Kier alpha value is -3.07. The van der Waals surface area contributed by atoms with Crippen LogP contribution in [0, 0.1) is 0 Å². The molecule has 10 heteroatoms. The van der Waals surface area contributed by atoms with Crippen LogP contribution in [0.3, 0.4) is 0 Å². The maximum atomic E-state index is 14.0. The van der Waals surface area contributed by atoms with Gasteiger partial charge in [-0.05, 0) is 63.4 Å². The third kappa shape index (κ3) is 6.31. The van der Waals surface area contributed by atoms with E-state index in [1.54, 1.807) is 23.1 Å². The Kier molecular flexibility index (Phi) is 8.35. The smallest absolute Gasteiger partial charge is 0.410 e. The van der Waals surface area contributed by atoms with Gasteiger partial charge in [-0.1, -0.05) is 53.5 Å². The van der Waals surface area contributed by atoms with E-state index in [9.17, 15) is 19.5 Å². The quantitative estimate of drug-likeness (QED) is 0.341. The number of hydrogen-bond donors (Lipinski definition) is 1. The van der Waals surface area contributed by atoms with Gasteiger partial charge in [-0.15, -0.1) is 11.3 Å². The summed E-state index contributed by atoms with van der Waals surface area (Å²) in [7, 11) is 0. The lowest BCUT2D eigenvalue weighted by Crippen LogP contribution is -2.50. The minimum atomic E-state index is -1.13. The molecule has 0 saturated carbocycles. The summed E-state index contributed by atoms with van der Waals surface area (Å²) in [4.78, 5) is 42.9. The number of aromatic carboxylic acids is 1. The van der Waals surface area contributed by atoms with Gasteiger partial charge in [0.15, 0.2) is 0 Å². The molecule has 0 atom stereocenters. The lowest BCUT2D eigenvalue weighted by atomic mass is 10.0. The predicted octanol–water partition coefficient (Wildman–Crippen LogP) is 7.47. The third-order valence-corrected chi connectivity index (χ3v) is 7.80. The fourth-order valence-electron chi connectivity index (χ4n) is 4.36. The van der Waals surface area contributed by atoms with E-state index in [1.165, 1.54) is 11.0 Å². The average Bonchev–Trinajstić information content (AvgIpc) is 3.29. The van der Waals surface area contributed by atoms with Gasteiger partial charge >= 0.3 is 12.1 Å². The molecule has 0 spiro atoms. The number of benzene rings is 2. The number of carbonyl (C=O) groups excluding carboxylic acids is 2. The number of carboxylic acids is 1. The molecule has 38 heavy (non-hydrogen) atoms. The molecule has 1 aliphatic heterocycles. The second-order valence-electron chi connectivity index (χ2n) is 9.99. The van der Waals surface area contributed by atoms with Crippen molar-refractivity contribution in [3.05, 3.63) is 75.1 Å². The molecule has 1 aromatic heterocycles. The number of carboxylic acid groups (broad SMARTS) is 1. The Morgan fingerprint density at radius 1 is 1.03 bits per heavy atom. The van der Waals surface area contributed by atoms with Crippen LogP contribution in [0.1, 0.15) is 53.6 Å². The lowest BCUT2D eigenvalue weighted by Gasteiger charge is -2.39. The minimum Gasteiger partial charge on any atom is -0.477 e. The Balaban J connectivity index is 1.73. The molecule has 1 fully saturated rings. The highest BCUT2D eigenvalue weighted by molar-refractivity contribution is 7.18. The molecular formula is C28H28Cl2N2O5S. The van der Waals surface area contributed by atoms with Crippen LogP contribution in [0.2, 0.25) is 10.0 Å². The first-order chi connectivity index (χ1) is 17.9. The van der Waals surface area contributed by atoms with Crippen LogP contribution in [0.5, 0.6) is 0 Å². The normalized spacial score (nSPS) is 14.3. The molecule has 0 bridgehead atoms. The van der Waals surface area contributed by atoms with Gasteiger partial charge < -0.3 is 19.6 Å². The molecule has 2 aromatic carbocycles. The van der Waals surface area contributed by atoms with E-state index in [1.807, 2.05) is 51.1 Å². The fraction of sp³-hybridized carbons (Fsp3) is 0.321. The Morgan fingerprint density at radius 3 is 2.26 bits per heavy atom. The summed E-state index contributed by atoms with van der Waals surface area (Å²) in [6, 6.07) is 15.4. The van der Waals surface area contributed by atoms with Crippen molar-refractivity contribution >= 4 is 58.2 Å². The highest BCUT2D eigenvalue weighted by atomic mass is 35.5. The van der Waals surface area contributed by atoms with Crippen LogP contribution in [-0.2, 0) is 4.74 Å². The van der Waals surface area contributed by atoms with Crippen molar-refractivity contribution in [2.24, 2.45) is 0 Å². The number of piperidine rings is 1. The number of anilines is 1. The Morgan fingerprint density at radius 2 is 1.68 bits per heavy atom. The molecule has 1 aliphatic rings. The van der Waals surface area contributed by atoms with Crippen LogP contribution in [0.25, 0.3) is 10.4 Å². The van der Waals surface area contributed by atoms with Gasteiger partial charge in [0.2, 0.25) is 0 Å². The number of likely N-dealkylation sites (tertiary alicyclic amines) is 1. The van der Waals surface area contributed by atoms with E-state index < -0.39 is 23.6 Å². The highest BCUT2D eigenvalue weighted by Crippen LogP contribution is 2.40. The summed E-state index contributed by atoms with van der Waals surface area (Å²) in [5.74, 6) is -1.55. The number of nitrogens with zero attached hydrogens (tertiary/aromatic N) is 2. The van der Waals surface area contributed by atoms with Crippen molar-refractivity contribution < 1.29 is 24.2 Å². The summed E-state index contributed by atoms with van der Waals surface area (Å²) < 4.78 is 5.50. The molecule has 7 nitrogen and oxygen atoms in total. The van der Waals surface area contributed by atoms with E-state index in [2.05, 4.69) is 0 Å². The topological polar surface area (TPSA) is 87.2 Å². The van der Waals surface area contributed by atoms with E-state index in [-0.39, 0.29) is 21.5 Å². The second kappa shape index (κ2) is 11.4. The van der Waals surface area contributed by atoms with Gasteiger partial charge in [-0.2, -0.15) is 0 Å². The molecule has 2 heterocycles. The van der Waals surface area contributed by atoms with E-state index >= 15 is 0 Å². The summed E-state index contributed by atoms with van der Waals surface area (Å²) >= 11 is 13.6. The van der Waals surface area contributed by atoms with E-state index in [0.29, 0.717) is 36.6 Å². The van der Waals surface area contributed by atoms with Gasteiger partial charge in [0.25, 0.3) is 5.91 Å². The molecule has 3 aromatic rings. The van der Waals surface area contributed by atoms with E-state index in [0.717, 1.165) is 21.8 Å². The molecular weight excluding hydrogens is 547 g/mol. The Bertz CT molecular complexity index is 1350. The summed E-state index contributed by atoms with van der Waals surface area (Å²) in [6.45, 7) is 6.14. The molecule has 4 rings (SSSR count). The maximum absolute atomic E-state index is 14.0. The van der Waals surface area contributed by atoms with Crippen molar-refractivity contribution in [2.75, 3.05) is 18.0 Å². The number of hydrogen-bond acceptors (Lipinski definition) is 5. The average molecular weight is 576 g/mol. The van der Waals surface area contributed by atoms with Crippen molar-refractivity contribution in [3.63, 3.8) is 0 Å². The van der Waals surface area contributed by atoms with Crippen LogP contribution in [-0.4, -0.2) is 52.7 Å². The number of ether oxygens (including phenoxy) is 1. The number of thiophene rings is 1. The lowest BCUT2D eigenvalue weighted by molar-refractivity contribution is 0.0205. The van der Waals surface area contributed by atoms with Crippen molar-refractivity contribution in [1.29, 1.82) is 0 Å². The predicted molar refractivity (Wildman–Crippen MR) is 151 cm³/mol. The molecule has 0 unspecified atom stereocenters. The molecule has 0 radical (unpaired) electrons. The number of amides is 2. The monoisotopic (exact) mass is 574 g/mol. The van der Waals surface area contributed by atoms with Crippen LogP contribution < -0.4 is 4.90 Å². The SMILES string of the molecule is CC(C)(C)OC(=O)N1CCC(N(C(=O)c2ccc(Cl)cc2Cl)c2cc(-c3ccccc3)sc2C(=O)O)CC1. The first-order valence-electron chi connectivity index (χ1n) is 12.1. The van der Waals surface area contributed by atoms with Gasteiger partial charge in [0.05, 0.1) is 16.3 Å². The van der Waals surface area contributed by atoms with Crippen LogP contribution >= 0.6 is 34.5 Å². The molecule has 1 N–H and O–H groups in total. The number of rotatable bonds is 5.